The molecule has 1 rings (SSSR count). The Labute approximate surface area is 101 Å². The summed E-state index contributed by atoms with van der Waals surface area (Å²) in [5, 5.41) is 7.85. The predicted molar refractivity (Wildman–Crippen MR) is 64.8 cm³/mol. The number of carbonyl (C=O) groups is 1. The number of aryl methyl sites for hydroxylation is 2. The lowest BCUT2D eigenvalue weighted by Gasteiger charge is -2.03. The number of ketones is 1. The number of hydrogen-bond donors (Lipinski definition) is 1. The Kier molecular flexibility index (Phi) is 4.96. The van der Waals surface area contributed by atoms with Gasteiger partial charge in [-0.3, -0.25) is 9.48 Å². The molecule has 16 heavy (non-hydrogen) atoms. The van der Waals surface area contributed by atoms with Gasteiger partial charge in [-0.05, 0) is 19.9 Å². The molecule has 0 atom stereocenters. The van der Waals surface area contributed by atoms with Gasteiger partial charge in [-0.2, -0.15) is 5.10 Å². The van der Waals surface area contributed by atoms with Gasteiger partial charge in [-0.25, -0.2) is 0 Å². The summed E-state index contributed by atoms with van der Waals surface area (Å²) in [6.07, 6.45) is 1.37. The SMILES string of the molecule is CCCNCC(=O)Cc1c(Cl)c(C)nn1C. The van der Waals surface area contributed by atoms with E-state index in [2.05, 4.69) is 17.3 Å². The standard InChI is InChI=1S/C11H18ClN3O/c1-4-5-13-7-9(16)6-10-11(12)8(2)14-15(10)3/h13H,4-7H2,1-3H3. The first-order valence-electron chi connectivity index (χ1n) is 5.46. The van der Waals surface area contributed by atoms with Gasteiger partial charge in [0.05, 0.1) is 29.4 Å². The van der Waals surface area contributed by atoms with Crippen LogP contribution in [0.3, 0.4) is 0 Å². The van der Waals surface area contributed by atoms with Gasteiger partial charge in [0, 0.05) is 7.05 Å². The molecule has 0 saturated heterocycles. The van der Waals surface area contributed by atoms with Crippen LogP contribution >= 0.6 is 11.6 Å². The first-order valence-corrected chi connectivity index (χ1v) is 5.84. The molecule has 0 aromatic carbocycles. The minimum Gasteiger partial charge on any atom is -0.310 e. The fourth-order valence-corrected chi connectivity index (χ4v) is 1.75. The van der Waals surface area contributed by atoms with Crippen LogP contribution in [0.15, 0.2) is 0 Å². The molecule has 0 spiro atoms. The molecule has 0 radical (unpaired) electrons. The normalized spacial score (nSPS) is 10.8. The van der Waals surface area contributed by atoms with E-state index >= 15 is 0 Å². The largest absolute Gasteiger partial charge is 0.310 e. The van der Waals surface area contributed by atoms with Gasteiger partial charge in [0.15, 0.2) is 5.78 Å². The minimum atomic E-state index is 0.137. The van der Waals surface area contributed by atoms with E-state index in [1.807, 2.05) is 6.92 Å². The molecule has 0 unspecified atom stereocenters. The Bertz CT molecular complexity index is 374. The molecule has 1 N–H and O–H groups in total. The second kappa shape index (κ2) is 6.01. The molecule has 1 aromatic heterocycles. The fraction of sp³-hybridized carbons (Fsp3) is 0.636. The Morgan fingerprint density at radius 1 is 1.56 bits per heavy atom. The third kappa shape index (κ3) is 3.32. The molecule has 0 fully saturated rings. The van der Waals surface area contributed by atoms with E-state index in [9.17, 15) is 4.79 Å². The Morgan fingerprint density at radius 3 is 2.75 bits per heavy atom. The van der Waals surface area contributed by atoms with E-state index in [0.29, 0.717) is 18.0 Å². The van der Waals surface area contributed by atoms with Crippen molar-refractivity contribution in [2.45, 2.75) is 26.7 Å². The quantitative estimate of drug-likeness (QED) is 0.771. The van der Waals surface area contributed by atoms with Crippen molar-refractivity contribution in [2.75, 3.05) is 13.1 Å². The average molecular weight is 244 g/mol. The molecule has 0 amide bonds. The lowest BCUT2D eigenvalue weighted by atomic mass is 10.2. The zero-order valence-corrected chi connectivity index (χ0v) is 10.8. The Hall–Kier alpha value is -0.870. The highest BCUT2D eigenvalue weighted by Gasteiger charge is 2.14. The maximum Gasteiger partial charge on any atom is 0.152 e. The lowest BCUT2D eigenvalue weighted by molar-refractivity contribution is -0.117. The zero-order valence-electron chi connectivity index (χ0n) is 10.0. The monoisotopic (exact) mass is 243 g/mol. The first-order chi connectivity index (χ1) is 7.56. The summed E-state index contributed by atoms with van der Waals surface area (Å²) in [6.45, 7) is 5.17. The number of Topliss-reactive ketones (excluding diaryl/α,β-unsaturated/α-hetero) is 1. The number of rotatable bonds is 6. The number of aromatic nitrogens is 2. The number of nitrogens with zero attached hydrogens (tertiary/aromatic N) is 2. The van der Waals surface area contributed by atoms with Crippen LogP contribution in [0.1, 0.15) is 24.7 Å². The van der Waals surface area contributed by atoms with Crippen molar-refractivity contribution in [3.8, 4) is 0 Å². The number of carbonyl (C=O) groups excluding carboxylic acids is 1. The van der Waals surface area contributed by atoms with Gasteiger partial charge < -0.3 is 5.32 Å². The molecule has 5 heteroatoms. The van der Waals surface area contributed by atoms with Crippen LogP contribution in [0.25, 0.3) is 0 Å². The smallest absolute Gasteiger partial charge is 0.152 e. The summed E-state index contributed by atoms with van der Waals surface area (Å²) < 4.78 is 1.68. The van der Waals surface area contributed by atoms with E-state index in [4.69, 9.17) is 11.6 Å². The summed E-state index contributed by atoms with van der Waals surface area (Å²) in [7, 11) is 1.81. The van der Waals surface area contributed by atoms with E-state index in [1.54, 1.807) is 11.7 Å². The van der Waals surface area contributed by atoms with E-state index in [0.717, 1.165) is 24.4 Å². The van der Waals surface area contributed by atoms with Crippen LogP contribution in [-0.4, -0.2) is 28.7 Å². The molecule has 0 saturated carbocycles. The van der Waals surface area contributed by atoms with Crippen molar-refractivity contribution >= 4 is 17.4 Å². The van der Waals surface area contributed by atoms with Crippen LogP contribution in [0.4, 0.5) is 0 Å². The van der Waals surface area contributed by atoms with Crippen LogP contribution in [0, 0.1) is 6.92 Å². The molecule has 0 aliphatic rings. The topological polar surface area (TPSA) is 46.9 Å². The van der Waals surface area contributed by atoms with Gasteiger partial charge in [-0.15, -0.1) is 0 Å². The van der Waals surface area contributed by atoms with E-state index in [-0.39, 0.29) is 5.78 Å². The molecule has 0 aliphatic carbocycles. The van der Waals surface area contributed by atoms with Crippen molar-refractivity contribution in [1.82, 2.24) is 15.1 Å². The first kappa shape index (κ1) is 13.2. The summed E-state index contributed by atoms with van der Waals surface area (Å²) in [5.41, 5.74) is 1.57. The predicted octanol–water partition coefficient (Wildman–Crippen LogP) is 1.49. The molecule has 0 bridgehead atoms. The van der Waals surface area contributed by atoms with Crippen molar-refractivity contribution in [3.05, 3.63) is 16.4 Å². The molecule has 1 aromatic rings. The van der Waals surface area contributed by atoms with Crippen LogP contribution in [-0.2, 0) is 18.3 Å². The lowest BCUT2D eigenvalue weighted by Crippen LogP contribution is -2.25. The average Bonchev–Trinajstić information content (AvgIpc) is 2.46. The second-order valence-electron chi connectivity index (χ2n) is 3.86. The van der Waals surface area contributed by atoms with Crippen LogP contribution in [0.5, 0.6) is 0 Å². The maximum atomic E-state index is 11.6. The molecule has 90 valence electrons. The van der Waals surface area contributed by atoms with E-state index < -0.39 is 0 Å². The summed E-state index contributed by atoms with van der Waals surface area (Å²) in [6, 6.07) is 0. The van der Waals surface area contributed by atoms with Gasteiger partial charge in [-0.1, -0.05) is 18.5 Å². The maximum absolute atomic E-state index is 11.6. The Morgan fingerprint density at radius 2 is 2.25 bits per heavy atom. The highest BCUT2D eigenvalue weighted by Crippen LogP contribution is 2.19. The summed E-state index contributed by atoms with van der Waals surface area (Å²) in [5.74, 6) is 0.137. The van der Waals surface area contributed by atoms with Crippen molar-refractivity contribution in [1.29, 1.82) is 0 Å². The molecular formula is C11H18ClN3O. The summed E-state index contributed by atoms with van der Waals surface area (Å²) >= 11 is 6.06. The third-order valence-electron chi connectivity index (χ3n) is 2.38. The second-order valence-corrected chi connectivity index (χ2v) is 4.24. The fourth-order valence-electron chi connectivity index (χ4n) is 1.53. The van der Waals surface area contributed by atoms with Crippen molar-refractivity contribution < 1.29 is 4.79 Å². The number of nitrogens with one attached hydrogen (secondary N) is 1. The highest BCUT2D eigenvalue weighted by atomic mass is 35.5. The van der Waals surface area contributed by atoms with Crippen LogP contribution in [0.2, 0.25) is 5.02 Å². The summed E-state index contributed by atoms with van der Waals surface area (Å²) in [4.78, 5) is 11.6. The number of halogens is 1. The van der Waals surface area contributed by atoms with E-state index in [1.165, 1.54) is 0 Å². The van der Waals surface area contributed by atoms with Gasteiger partial charge in [0.2, 0.25) is 0 Å². The molecule has 0 aliphatic heterocycles. The molecule has 1 heterocycles. The van der Waals surface area contributed by atoms with Gasteiger partial charge in [0.25, 0.3) is 0 Å². The van der Waals surface area contributed by atoms with Crippen molar-refractivity contribution in [3.63, 3.8) is 0 Å². The van der Waals surface area contributed by atoms with Gasteiger partial charge >= 0.3 is 0 Å². The van der Waals surface area contributed by atoms with Crippen LogP contribution < -0.4 is 5.32 Å². The third-order valence-corrected chi connectivity index (χ3v) is 2.87. The molecule has 4 nitrogen and oxygen atoms in total. The van der Waals surface area contributed by atoms with Gasteiger partial charge in [0.1, 0.15) is 0 Å². The number of hydrogen-bond acceptors (Lipinski definition) is 3. The minimum absolute atomic E-state index is 0.137. The molecular weight excluding hydrogens is 226 g/mol. The Balaban J connectivity index is 2.56. The highest BCUT2D eigenvalue weighted by molar-refractivity contribution is 6.32. The van der Waals surface area contributed by atoms with Crippen molar-refractivity contribution in [2.24, 2.45) is 7.05 Å². The zero-order chi connectivity index (χ0) is 12.1.